The smallest absolute Gasteiger partial charge is 0.261 e. The molecule has 0 bridgehead atoms. The van der Waals surface area contributed by atoms with E-state index in [1.165, 1.54) is 0 Å². The average molecular weight is 417 g/mol. The fourth-order valence-electron chi connectivity index (χ4n) is 2.83. The zero-order valence-corrected chi connectivity index (χ0v) is 18.2. The first kappa shape index (κ1) is 22.8. The summed E-state index contributed by atoms with van der Waals surface area (Å²) in [5, 5.41) is 3.48. The SMILES string of the molecule is C[C@H](C(=O)NC(C)(C)C)N(CCc1ccccc1)C(=O)COc1cccc(Cl)c1. The summed E-state index contributed by atoms with van der Waals surface area (Å²) in [7, 11) is 0. The summed E-state index contributed by atoms with van der Waals surface area (Å²) < 4.78 is 5.61. The van der Waals surface area contributed by atoms with Gasteiger partial charge in [0.15, 0.2) is 6.61 Å². The molecule has 0 aliphatic heterocycles. The Bertz CT molecular complexity index is 818. The molecule has 0 saturated heterocycles. The Morgan fingerprint density at radius 1 is 1.10 bits per heavy atom. The van der Waals surface area contributed by atoms with Gasteiger partial charge in [-0.15, -0.1) is 0 Å². The van der Waals surface area contributed by atoms with E-state index in [0.717, 1.165) is 5.56 Å². The quantitative estimate of drug-likeness (QED) is 0.705. The van der Waals surface area contributed by atoms with Gasteiger partial charge in [-0.1, -0.05) is 48.0 Å². The van der Waals surface area contributed by atoms with Gasteiger partial charge >= 0.3 is 0 Å². The van der Waals surface area contributed by atoms with Crippen LogP contribution in [0, 0.1) is 0 Å². The summed E-state index contributed by atoms with van der Waals surface area (Å²) in [4.78, 5) is 27.2. The lowest BCUT2D eigenvalue weighted by Gasteiger charge is -2.31. The number of nitrogens with zero attached hydrogens (tertiary/aromatic N) is 1. The number of nitrogens with one attached hydrogen (secondary N) is 1. The van der Waals surface area contributed by atoms with Crippen molar-refractivity contribution in [3.63, 3.8) is 0 Å². The van der Waals surface area contributed by atoms with E-state index in [1.54, 1.807) is 36.1 Å². The molecule has 2 aromatic carbocycles. The van der Waals surface area contributed by atoms with Crippen molar-refractivity contribution in [2.24, 2.45) is 0 Å². The van der Waals surface area contributed by atoms with Crippen LogP contribution < -0.4 is 10.1 Å². The van der Waals surface area contributed by atoms with Crippen LogP contribution in [0.25, 0.3) is 0 Å². The molecule has 0 heterocycles. The van der Waals surface area contributed by atoms with Crippen LogP contribution in [-0.2, 0) is 16.0 Å². The van der Waals surface area contributed by atoms with Crippen LogP contribution in [0.3, 0.4) is 0 Å². The molecule has 29 heavy (non-hydrogen) atoms. The van der Waals surface area contributed by atoms with E-state index >= 15 is 0 Å². The summed E-state index contributed by atoms with van der Waals surface area (Å²) in [6.45, 7) is 7.73. The lowest BCUT2D eigenvalue weighted by Crippen LogP contribution is -2.53. The third-order valence-corrected chi connectivity index (χ3v) is 4.54. The summed E-state index contributed by atoms with van der Waals surface area (Å²) in [5.41, 5.74) is 0.723. The first-order valence-electron chi connectivity index (χ1n) is 9.69. The Morgan fingerprint density at radius 3 is 2.41 bits per heavy atom. The fraction of sp³-hybridized carbons (Fsp3) is 0.391. The van der Waals surface area contributed by atoms with E-state index in [9.17, 15) is 9.59 Å². The molecule has 156 valence electrons. The van der Waals surface area contributed by atoms with Crippen molar-refractivity contribution in [2.45, 2.75) is 45.7 Å². The number of ether oxygens (including phenoxy) is 1. The Balaban J connectivity index is 2.09. The third-order valence-electron chi connectivity index (χ3n) is 4.31. The molecular weight excluding hydrogens is 388 g/mol. The van der Waals surface area contributed by atoms with Crippen molar-refractivity contribution in [1.82, 2.24) is 10.2 Å². The second kappa shape index (κ2) is 10.3. The van der Waals surface area contributed by atoms with E-state index in [1.807, 2.05) is 51.1 Å². The fourth-order valence-corrected chi connectivity index (χ4v) is 3.01. The molecule has 1 atom stereocenters. The highest BCUT2D eigenvalue weighted by molar-refractivity contribution is 6.30. The molecule has 6 heteroatoms. The summed E-state index contributed by atoms with van der Waals surface area (Å²) in [5.74, 6) is 0.0692. The Labute approximate surface area is 178 Å². The third kappa shape index (κ3) is 7.78. The van der Waals surface area contributed by atoms with Gasteiger partial charge in [0.2, 0.25) is 5.91 Å². The van der Waals surface area contributed by atoms with Crippen LogP contribution in [-0.4, -0.2) is 41.4 Å². The highest BCUT2D eigenvalue weighted by Gasteiger charge is 2.28. The molecular formula is C23H29ClN2O3. The molecule has 0 aliphatic rings. The van der Waals surface area contributed by atoms with Gasteiger partial charge in [0.25, 0.3) is 5.91 Å². The van der Waals surface area contributed by atoms with Gasteiger partial charge in [-0.25, -0.2) is 0 Å². The molecule has 2 aromatic rings. The van der Waals surface area contributed by atoms with Crippen LogP contribution in [0.15, 0.2) is 54.6 Å². The highest BCUT2D eigenvalue weighted by atomic mass is 35.5. The number of hydrogen-bond acceptors (Lipinski definition) is 3. The summed E-state index contributed by atoms with van der Waals surface area (Å²) in [6, 6.07) is 16.1. The van der Waals surface area contributed by atoms with E-state index in [4.69, 9.17) is 16.3 Å². The molecule has 0 aromatic heterocycles. The van der Waals surface area contributed by atoms with Gasteiger partial charge in [0.05, 0.1) is 0 Å². The number of amides is 2. The van der Waals surface area contributed by atoms with Gasteiger partial charge in [0, 0.05) is 17.1 Å². The Hall–Kier alpha value is -2.53. The molecule has 2 amide bonds. The van der Waals surface area contributed by atoms with E-state index in [2.05, 4.69) is 5.32 Å². The maximum atomic E-state index is 12.9. The zero-order valence-electron chi connectivity index (χ0n) is 17.4. The van der Waals surface area contributed by atoms with Crippen molar-refractivity contribution in [1.29, 1.82) is 0 Å². The number of benzene rings is 2. The van der Waals surface area contributed by atoms with Gasteiger partial charge < -0.3 is 15.0 Å². The molecule has 0 radical (unpaired) electrons. The van der Waals surface area contributed by atoms with Crippen LogP contribution in [0.1, 0.15) is 33.3 Å². The first-order valence-corrected chi connectivity index (χ1v) is 10.1. The first-order chi connectivity index (χ1) is 13.7. The number of rotatable bonds is 8. The van der Waals surface area contributed by atoms with Crippen LogP contribution >= 0.6 is 11.6 Å². The van der Waals surface area contributed by atoms with Crippen molar-refractivity contribution in [3.05, 3.63) is 65.2 Å². The summed E-state index contributed by atoms with van der Waals surface area (Å²) in [6.07, 6.45) is 0.650. The van der Waals surface area contributed by atoms with Crippen molar-refractivity contribution >= 4 is 23.4 Å². The monoisotopic (exact) mass is 416 g/mol. The topological polar surface area (TPSA) is 58.6 Å². The van der Waals surface area contributed by atoms with Crippen LogP contribution in [0.4, 0.5) is 0 Å². The number of hydrogen-bond donors (Lipinski definition) is 1. The molecule has 2 rings (SSSR count). The van der Waals surface area contributed by atoms with Gasteiger partial charge in [0.1, 0.15) is 11.8 Å². The Morgan fingerprint density at radius 2 is 1.79 bits per heavy atom. The number of carbonyl (C=O) groups is 2. The molecule has 0 aliphatic carbocycles. The second-order valence-corrected chi connectivity index (χ2v) is 8.42. The van der Waals surface area contributed by atoms with Crippen molar-refractivity contribution in [2.75, 3.05) is 13.2 Å². The van der Waals surface area contributed by atoms with Crippen molar-refractivity contribution < 1.29 is 14.3 Å². The number of carbonyl (C=O) groups excluding carboxylic acids is 2. The molecule has 1 N–H and O–H groups in total. The second-order valence-electron chi connectivity index (χ2n) is 7.98. The minimum Gasteiger partial charge on any atom is -0.484 e. The molecule has 0 spiro atoms. The van der Waals surface area contributed by atoms with Crippen LogP contribution in [0.2, 0.25) is 5.02 Å². The predicted molar refractivity (Wildman–Crippen MR) is 116 cm³/mol. The molecule has 0 saturated carbocycles. The van der Waals surface area contributed by atoms with E-state index < -0.39 is 6.04 Å². The maximum absolute atomic E-state index is 12.9. The predicted octanol–water partition coefficient (Wildman–Crippen LogP) is 4.09. The average Bonchev–Trinajstić information content (AvgIpc) is 2.66. The van der Waals surface area contributed by atoms with Gasteiger partial charge in [-0.2, -0.15) is 0 Å². The molecule has 5 nitrogen and oxygen atoms in total. The lowest BCUT2D eigenvalue weighted by atomic mass is 10.1. The summed E-state index contributed by atoms with van der Waals surface area (Å²) >= 11 is 5.97. The minimum atomic E-state index is -0.617. The number of halogens is 1. The van der Waals surface area contributed by atoms with Crippen molar-refractivity contribution in [3.8, 4) is 5.75 Å². The largest absolute Gasteiger partial charge is 0.484 e. The van der Waals surface area contributed by atoms with Gasteiger partial charge in [-0.05, 0) is 57.9 Å². The highest BCUT2D eigenvalue weighted by Crippen LogP contribution is 2.17. The normalized spacial score (nSPS) is 12.2. The molecule has 0 fully saturated rings. The van der Waals surface area contributed by atoms with Gasteiger partial charge in [-0.3, -0.25) is 9.59 Å². The van der Waals surface area contributed by atoms with E-state index in [0.29, 0.717) is 23.7 Å². The van der Waals surface area contributed by atoms with Crippen LogP contribution in [0.5, 0.6) is 5.75 Å². The van der Waals surface area contributed by atoms with E-state index in [-0.39, 0.29) is 24.0 Å². The zero-order chi connectivity index (χ0) is 21.4. The lowest BCUT2D eigenvalue weighted by molar-refractivity contribution is -0.142. The minimum absolute atomic E-state index is 0.164. The maximum Gasteiger partial charge on any atom is 0.261 e. The Kier molecular flexibility index (Phi) is 8.09. The molecule has 0 unspecified atom stereocenters. The standard InChI is InChI=1S/C23H29ClN2O3/c1-17(22(28)25-23(2,3)4)26(14-13-18-9-6-5-7-10-18)21(27)16-29-20-12-8-11-19(24)15-20/h5-12,15,17H,13-14,16H2,1-4H3,(H,25,28)/t17-/m1/s1.